The fourth-order valence-corrected chi connectivity index (χ4v) is 1.81. The standard InChI is InChI=1S/C10H12N2O2/c1-7-4-10(14)12(6-11-7)8-2-3-9(13)5-8/h4,6,8H,2-3,5H2,1H3. The summed E-state index contributed by atoms with van der Waals surface area (Å²) in [6.07, 6.45) is 3.38. The number of ketones is 1. The number of hydrogen-bond acceptors (Lipinski definition) is 3. The molecule has 14 heavy (non-hydrogen) atoms. The molecule has 0 amide bonds. The van der Waals surface area contributed by atoms with E-state index in [-0.39, 0.29) is 17.4 Å². The Kier molecular flexibility index (Phi) is 2.19. The molecule has 2 rings (SSSR count). The molecule has 0 aromatic carbocycles. The molecule has 0 spiro atoms. The van der Waals surface area contributed by atoms with Crippen molar-refractivity contribution in [3.8, 4) is 0 Å². The zero-order chi connectivity index (χ0) is 10.1. The summed E-state index contributed by atoms with van der Waals surface area (Å²) >= 11 is 0. The molecule has 0 bridgehead atoms. The number of carbonyl (C=O) groups excluding carboxylic acids is 1. The van der Waals surface area contributed by atoms with Gasteiger partial charge in [0.25, 0.3) is 5.56 Å². The first-order chi connectivity index (χ1) is 6.66. The van der Waals surface area contributed by atoms with E-state index in [1.807, 2.05) is 0 Å². The summed E-state index contributed by atoms with van der Waals surface area (Å²) in [5.74, 6) is 0.238. The highest BCUT2D eigenvalue weighted by Crippen LogP contribution is 2.24. The summed E-state index contributed by atoms with van der Waals surface area (Å²) < 4.78 is 1.57. The Morgan fingerprint density at radius 1 is 1.50 bits per heavy atom. The molecule has 1 aromatic rings. The summed E-state index contributed by atoms with van der Waals surface area (Å²) in [7, 11) is 0. The van der Waals surface area contributed by atoms with Gasteiger partial charge in [-0.05, 0) is 13.3 Å². The summed E-state index contributed by atoms with van der Waals surface area (Å²) in [4.78, 5) is 26.7. The van der Waals surface area contributed by atoms with E-state index >= 15 is 0 Å². The first-order valence-corrected chi connectivity index (χ1v) is 4.73. The van der Waals surface area contributed by atoms with Crippen molar-refractivity contribution < 1.29 is 4.79 Å². The number of aromatic nitrogens is 2. The maximum absolute atomic E-state index is 11.5. The molecule has 74 valence electrons. The monoisotopic (exact) mass is 192 g/mol. The maximum atomic E-state index is 11.5. The van der Waals surface area contributed by atoms with Gasteiger partial charge < -0.3 is 0 Å². The van der Waals surface area contributed by atoms with E-state index < -0.39 is 0 Å². The van der Waals surface area contributed by atoms with E-state index in [1.54, 1.807) is 17.8 Å². The molecule has 1 aliphatic carbocycles. The van der Waals surface area contributed by atoms with Crippen molar-refractivity contribution >= 4 is 5.78 Å². The Bertz CT molecular complexity index is 422. The number of aryl methyl sites for hydroxylation is 1. The number of rotatable bonds is 1. The molecule has 0 N–H and O–H groups in total. The maximum Gasteiger partial charge on any atom is 0.253 e. The molecule has 0 radical (unpaired) electrons. The molecule has 1 aromatic heterocycles. The molecule has 1 heterocycles. The quantitative estimate of drug-likeness (QED) is 0.662. The van der Waals surface area contributed by atoms with Crippen LogP contribution in [0, 0.1) is 6.92 Å². The van der Waals surface area contributed by atoms with E-state index in [0.717, 1.165) is 12.1 Å². The largest absolute Gasteiger partial charge is 0.300 e. The van der Waals surface area contributed by atoms with Crippen LogP contribution in [0.3, 0.4) is 0 Å². The molecule has 0 aliphatic heterocycles. The van der Waals surface area contributed by atoms with Crippen molar-refractivity contribution in [3.63, 3.8) is 0 Å². The molecule has 1 unspecified atom stereocenters. The van der Waals surface area contributed by atoms with E-state index in [0.29, 0.717) is 12.8 Å². The molecule has 1 aliphatic rings. The third-order valence-electron chi connectivity index (χ3n) is 2.59. The smallest absolute Gasteiger partial charge is 0.253 e. The van der Waals surface area contributed by atoms with Crippen LogP contribution >= 0.6 is 0 Å². The highest BCUT2D eigenvalue weighted by molar-refractivity contribution is 5.80. The lowest BCUT2D eigenvalue weighted by Gasteiger charge is -2.11. The second-order valence-corrected chi connectivity index (χ2v) is 3.71. The molecular formula is C10H12N2O2. The van der Waals surface area contributed by atoms with Crippen molar-refractivity contribution in [1.82, 2.24) is 9.55 Å². The minimum Gasteiger partial charge on any atom is -0.300 e. The Morgan fingerprint density at radius 3 is 2.86 bits per heavy atom. The van der Waals surface area contributed by atoms with Gasteiger partial charge in [0.1, 0.15) is 5.78 Å². The Labute approximate surface area is 81.6 Å². The summed E-state index contributed by atoms with van der Waals surface area (Å²) in [6.45, 7) is 1.78. The van der Waals surface area contributed by atoms with Gasteiger partial charge in [0.15, 0.2) is 0 Å². The van der Waals surface area contributed by atoms with Crippen molar-refractivity contribution in [1.29, 1.82) is 0 Å². The molecule has 4 nitrogen and oxygen atoms in total. The lowest BCUT2D eigenvalue weighted by molar-refractivity contribution is -0.117. The topological polar surface area (TPSA) is 52.0 Å². The van der Waals surface area contributed by atoms with Gasteiger partial charge in [0, 0.05) is 30.6 Å². The van der Waals surface area contributed by atoms with E-state index in [9.17, 15) is 9.59 Å². The summed E-state index contributed by atoms with van der Waals surface area (Å²) in [5.41, 5.74) is 0.660. The highest BCUT2D eigenvalue weighted by Gasteiger charge is 2.23. The first kappa shape index (κ1) is 9.12. The van der Waals surface area contributed by atoms with Crippen LogP contribution in [0.15, 0.2) is 17.2 Å². The van der Waals surface area contributed by atoms with Gasteiger partial charge in [-0.3, -0.25) is 14.2 Å². The lowest BCUT2D eigenvalue weighted by atomic mass is 10.2. The zero-order valence-corrected chi connectivity index (χ0v) is 8.06. The van der Waals surface area contributed by atoms with E-state index in [4.69, 9.17) is 0 Å². The summed E-state index contributed by atoms with van der Waals surface area (Å²) in [5, 5.41) is 0. The van der Waals surface area contributed by atoms with Gasteiger partial charge in [-0.25, -0.2) is 4.98 Å². The third-order valence-corrected chi connectivity index (χ3v) is 2.59. The minimum absolute atomic E-state index is 0.0306. The van der Waals surface area contributed by atoms with E-state index in [1.165, 1.54) is 6.07 Å². The summed E-state index contributed by atoms with van der Waals surface area (Å²) in [6, 6.07) is 1.53. The fourth-order valence-electron chi connectivity index (χ4n) is 1.81. The van der Waals surface area contributed by atoms with Gasteiger partial charge in [0.2, 0.25) is 0 Å². The third kappa shape index (κ3) is 1.60. The first-order valence-electron chi connectivity index (χ1n) is 4.73. The Morgan fingerprint density at radius 2 is 2.29 bits per heavy atom. The second kappa shape index (κ2) is 3.36. The van der Waals surface area contributed by atoms with Crippen LogP contribution in [-0.2, 0) is 4.79 Å². The van der Waals surface area contributed by atoms with Crippen LogP contribution in [0.4, 0.5) is 0 Å². The number of carbonyl (C=O) groups is 1. The van der Waals surface area contributed by atoms with Crippen LogP contribution in [0.25, 0.3) is 0 Å². The predicted molar refractivity (Wildman–Crippen MR) is 51.1 cm³/mol. The number of nitrogens with zero attached hydrogens (tertiary/aromatic N) is 2. The van der Waals surface area contributed by atoms with Gasteiger partial charge in [0.05, 0.1) is 6.33 Å². The van der Waals surface area contributed by atoms with Gasteiger partial charge in [-0.1, -0.05) is 0 Å². The Hall–Kier alpha value is -1.45. The van der Waals surface area contributed by atoms with E-state index in [2.05, 4.69) is 4.98 Å². The Balaban J connectivity index is 2.33. The normalized spacial score (nSPS) is 21.5. The zero-order valence-electron chi connectivity index (χ0n) is 8.06. The van der Waals surface area contributed by atoms with Crippen LogP contribution in [0.2, 0.25) is 0 Å². The van der Waals surface area contributed by atoms with Crippen LogP contribution in [0.5, 0.6) is 0 Å². The molecular weight excluding hydrogens is 180 g/mol. The average molecular weight is 192 g/mol. The number of hydrogen-bond donors (Lipinski definition) is 0. The van der Waals surface area contributed by atoms with Crippen LogP contribution in [-0.4, -0.2) is 15.3 Å². The lowest BCUT2D eigenvalue weighted by Crippen LogP contribution is -2.23. The molecule has 4 heteroatoms. The second-order valence-electron chi connectivity index (χ2n) is 3.71. The number of Topliss-reactive ketones (excluding diaryl/α,β-unsaturated/α-hetero) is 1. The van der Waals surface area contributed by atoms with Crippen molar-refractivity contribution in [2.24, 2.45) is 0 Å². The van der Waals surface area contributed by atoms with Gasteiger partial charge in [-0.15, -0.1) is 0 Å². The molecule has 1 fully saturated rings. The molecule has 0 saturated heterocycles. The van der Waals surface area contributed by atoms with Gasteiger partial charge >= 0.3 is 0 Å². The minimum atomic E-state index is -0.0581. The fraction of sp³-hybridized carbons (Fsp3) is 0.500. The van der Waals surface area contributed by atoms with Crippen molar-refractivity contribution in [3.05, 3.63) is 28.4 Å². The predicted octanol–water partition coefficient (Wildman–Crippen LogP) is 0.846. The highest BCUT2D eigenvalue weighted by atomic mass is 16.1. The molecule has 1 atom stereocenters. The molecule has 1 saturated carbocycles. The average Bonchev–Trinajstić information content (AvgIpc) is 2.51. The van der Waals surface area contributed by atoms with Crippen molar-refractivity contribution in [2.45, 2.75) is 32.2 Å². The SMILES string of the molecule is Cc1cc(=O)n(C2CCC(=O)C2)cn1. The van der Waals surface area contributed by atoms with Crippen LogP contribution in [0.1, 0.15) is 31.0 Å². The van der Waals surface area contributed by atoms with Crippen molar-refractivity contribution in [2.75, 3.05) is 0 Å². The van der Waals surface area contributed by atoms with Crippen LogP contribution < -0.4 is 5.56 Å². The van der Waals surface area contributed by atoms with Gasteiger partial charge in [-0.2, -0.15) is 0 Å².